The number of fused-ring (bicyclic) bond motifs is 2. The summed E-state index contributed by atoms with van der Waals surface area (Å²) in [5, 5.41) is 14.3. The van der Waals surface area contributed by atoms with Crippen LogP contribution in [0.15, 0.2) is 48.2 Å². The summed E-state index contributed by atoms with van der Waals surface area (Å²) in [6, 6.07) is 14.2. The van der Waals surface area contributed by atoms with Gasteiger partial charge in [-0.2, -0.15) is 5.26 Å². The van der Waals surface area contributed by atoms with E-state index in [2.05, 4.69) is 61.1 Å². The lowest BCUT2D eigenvalue weighted by Gasteiger charge is -2.47. The first-order valence-corrected chi connectivity index (χ1v) is 12.7. The van der Waals surface area contributed by atoms with E-state index in [1.807, 2.05) is 30.5 Å². The number of hydrogen-bond donors (Lipinski definition) is 2. The van der Waals surface area contributed by atoms with Gasteiger partial charge < -0.3 is 15.2 Å². The van der Waals surface area contributed by atoms with Crippen LogP contribution in [0.5, 0.6) is 0 Å². The number of rotatable bonds is 7. The lowest BCUT2D eigenvalue weighted by atomic mass is 9.79. The average Bonchev–Trinajstić information content (AvgIpc) is 3.23. The highest BCUT2D eigenvalue weighted by atomic mass is 35.5. The number of nitrogens with one attached hydrogen (secondary N) is 2. The first kappa shape index (κ1) is 24.9. The second-order valence-electron chi connectivity index (χ2n) is 10.0. The van der Waals surface area contributed by atoms with Crippen molar-refractivity contribution < 1.29 is 4.79 Å². The molecule has 5 nitrogen and oxygen atoms in total. The lowest BCUT2D eigenvalue weighted by molar-refractivity contribution is -0.117. The Hall–Kier alpha value is -3.23. The maximum atomic E-state index is 12.8. The zero-order chi connectivity index (χ0) is 25.2. The topological polar surface area (TPSA) is 71.9 Å². The number of carbonyl (C=O) groups excluding carboxylic acids is 1. The van der Waals surface area contributed by atoms with Crippen LogP contribution in [0.2, 0.25) is 5.02 Å². The molecule has 1 amide bonds. The van der Waals surface area contributed by atoms with Crippen LogP contribution < -0.4 is 10.2 Å². The molecule has 1 aliphatic heterocycles. The number of carbonyl (C=O) groups is 1. The third-order valence-corrected chi connectivity index (χ3v) is 7.30. The second-order valence-corrected chi connectivity index (χ2v) is 10.4. The number of para-hydroxylation sites is 1. The Labute approximate surface area is 212 Å². The molecule has 35 heavy (non-hydrogen) atoms. The summed E-state index contributed by atoms with van der Waals surface area (Å²) in [5.41, 5.74) is 5.38. The monoisotopic (exact) mass is 488 g/mol. The number of H-pyrrole nitrogens is 1. The molecule has 1 unspecified atom stereocenters. The van der Waals surface area contributed by atoms with Gasteiger partial charge in [-0.15, -0.1) is 0 Å². The van der Waals surface area contributed by atoms with E-state index in [4.69, 9.17) is 11.6 Å². The Bertz CT molecular complexity index is 1310. The number of benzene rings is 2. The molecule has 0 spiro atoms. The van der Waals surface area contributed by atoms with Gasteiger partial charge in [0, 0.05) is 46.4 Å². The van der Waals surface area contributed by atoms with Crippen LogP contribution in [0, 0.1) is 11.3 Å². The van der Waals surface area contributed by atoms with Gasteiger partial charge in [-0.25, -0.2) is 0 Å². The number of nitriles is 1. The van der Waals surface area contributed by atoms with Crippen molar-refractivity contribution in [1.82, 2.24) is 10.3 Å². The van der Waals surface area contributed by atoms with Gasteiger partial charge in [-0.3, -0.25) is 4.79 Å². The molecule has 3 aromatic rings. The Morgan fingerprint density at radius 3 is 2.86 bits per heavy atom. The fourth-order valence-corrected chi connectivity index (χ4v) is 5.54. The highest BCUT2D eigenvalue weighted by molar-refractivity contribution is 6.32. The van der Waals surface area contributed by atoms with Gasteiger partial charge in [0.2, 0.25) is 0 Å². The van der Waals surface area contributed by atoms with Crippen molar-refractivity contribution in [3.05, 3.63) is 69.9 Å². The van der Waals surface area contributed by atoms with Gasteiger partial charge in [-0.05, 0) is 80.0 Å². The molecule has 0 saturated carbocycles. The third kappa shape index (κ3) is 5.09. The van der Waals surface area contributed by atoms with Crippen molar-refractivity contribution in [2.75, 3.05) is 18.0 Å². The van der Waals surface area contributed by atoms with Crippen LogP contribution in [0.4, 0.5) is 5.69 Å². The van der Waals surface area contributed by atoms with Gasteiger partial charge in [0.1, 0.15) is 11.6 Å². The molecular formula is C29H33ClN4O. The highest BCUT2D eigenvalue weighted by Crippen LogP contribution is 2.45. The van der Waals surface area contributed by atoms with E-state index in [9.17, 15) is 10.1 Å². The summed E-state index contributed by atoms with van der Waals surface area (Å²) in [6.07, 6.45) is 6.34. The van der Waals surface area contributed by atoms with E-state index in [1.165, 1.54) is 5.56 Å². The Kier molecular flexibility index (Phi) is 7.23. The third-order valence-electron chi connectivity index (χ3n) is 6.97. The van der Waals surface area contributed by atoms with Gasteiger partial charge in [0.05, 0.1) is 0 Å². The maximum Gasteiger partial charge on any atom is 0.261 e. The number of amides is 1. The second kappa shape index (κ2) is 10.2. The number of aromatic amines is 1. The SMILES string of the molecule is CCCN1c2cc(Cl)c(/C=C(\C#N)C(=O)NCCc3c[nH]c4ccccc34)cc2C(C)CC1(C)C. The maximum absolute atomic E-state index is 12.8. The molecule has 2 heterocycles. The summed E-state index contributed by atoms with van der Waals surface area (Å²) < 4.78 is 0. The van der Waals surface area contributed by atoms with Crippen molar-refractivity contribution in [1.29, 1.82) is 5.26 Å². The minimum atomic E-state index is -0.386. The number of hydrogen-bond acceptors (Lipinski definition) is 3. The fraction of sp³-hybridized carbons (Fsp3) is 0.379. The van der Waals surface area contributed by atoms with Crippen molar-refractivity contribution in [2.24, 2.45) is 0 Å². The van der Waals surface area contributed by atoms with Crippen LogP contribution in [-0.4, -0.2) is 29.5 Å². The largest absolute Gasteiger partial charge is 0.366 e. The van der Waals surface area contributed by atoms with Crippen LogP contribution in [0.1, 0.15) is 63.1 Å². The molecule has 1 aromatic heterocycles. The van der Waals surface area contributed by atoms with Crippen LogP contribution >= 0.6 is 11.6 Å². The summed E-state index contributed by atoms with van der Waals surface area (Å²) in [6.45, 7) is 10.4. The van der Waals surface area contributed by atoms with Gasteiger partial charge in [-0.1, -0.05) is 43.6 Å². The zero-order valence-electron chi connectivity index (χ0n) is 20.9. The van der Waals surface area contributed by atoms with E-state index in [0.717, 1.165) is 41.5 Å². The summed E-state index contributed by atoms with van der Waals surface area (Å²) in [7, 11) is 0. The molecule has 1 atom stereocenters. The lowest BCUT2D eigenvalue weighted by Crippen LogP contribution is -2.48. The first-order valence-electron chi connectivity index (χ1n) is 12.3. The standard InChI is InChI=1S/C29H33ClN4O/c1-5-12-34-27-15-25(30)21(14-24(27)19(2)16-29(34,3)4)13-22(17-31)28(35)32-11-10-20-18-33-26-9-7-6-8-23(20)26/h6-9,13-15,18-19,33H,5,10-12,16H2,1-4H3,(H,32,35)/b22-13+. The Balaban J connectivity index is 1.53. The molecular weight excluding hydrogens is 456 g/mol. The molecule has 0 saturated heterocycles. The predicted molar refractivity (Wildman–Crippen MR) is 145 cm³/mol. The van der Waals surface area contributed by atoms with Crippen molar-refractivity contribution >= 4 is 40.2 Å². The number of aromatic nitrogens is 1. The number of halogens is 1. The van der Waals surface area contributed by atoms with Crippen LogP contribution in [-0.2, 0) is 11.2 Å². The van der Waals surface area contributed by atoms with Crippen molar-refractivity contribution in [2.45, 2.75) is 58.4 Å². The highest BCUT2D eigenvalue weighted by Gasteiger charge is 2.36. The summed E-state index contributed by atoms with van der Waals surface area (Å²) >= 11 is 6.68. The first-order chi connectivity index (χ1) is 16.7. The van der Waals surface area contributed by atoms with E-state index >= 15 is 0 Å². The van der Waals surface area contributed by atoms with Crippen molar-refractivity contribution in [3.63, 3.8) is 0 Å². The van der Waals surface area contributed by atoms with Crippen LogP contribution in [0.25, 0.3) is 17.0 Å². The predicted octanol–water partition coefficient (Wildman–Crippen LogP) is 6.59. The smallest absolute Gasteiger partial charge is 0.261 e. The molecule has 0 radical (unpaired) electrons. The van der Waals surface area contributed by atoms with E-state index in [-0.39, 0.29) is 17.0 Å². The normalized spacial score (nSPS) is 17.2. The zero-order valence-corrected chi connectivity index (χ0v) is 21.7. The Morgan fingerprint density at radius 1 is 1.34 bits per heavy atom. The summed E-state index contributed by atoms with van der Waals surface area (Å²) in [5.74, 6) is -0.0315. The average molecular weight is 489 g/mol. The minimum Gasteiger partial charge on any atom is -0.366 e. The van der Waals surface area contributed by atoms with Gasteiger partial charge in [0.15, 0.2) is 0 Å². The van der Waals surface area contributed by atoms with Crippen molar-refractivity contribution in [3.8, 4) is 6.07 Å². The van der Waals surface area contributed by atoms with Gasteiger partial charge in [0.25, 0.3) is 5.91 Å². The van der Waals surface area contributed by atoms with Crippen LogP contribution in [0.3, 0.4) is 0 Å². The molecule has 4 rings (SSSR count). The fourth-order valence-electron chi connectivity index (χ4n) is 5.33. The number of anilines is 1. The molecule has 0 bridgehead atoms. The molecule has 1 aliphatic rings. The van der Waals surface area contributed by atoms with E-state index in [1.54, 1.807) is 6.08 Å². The van der Waals surface area contributed by atoms with Gasteiger partial charge >= 0.3 is 0 Å². The van der Waals surface area contributed by atoms with E-state index < -0.39 is 0 Å². The molecule has 0 aliphatic carbocycles. The van der Waals surface area contributed by atoms with E-state index in [0.29, 0.717) is 29.5 Å². The minimum absolute atomic E-state index is 0.0472. The molecule has 2 N–H and O–H groups in total. The summed E-state index contributed by atoms with van der Waals surface area (Å²) in [4.78, 5) is 18.5. The number of nitrogens with zero attached hydrogens (tertiary/aromatic N) is 2. The molecule has 0 fully saturated rings. The quantitative estimate of drug-likeness (QED) is 0.291. The molecule has 6 heteroatoms. The Morgan fingerprint density at radius 2 is 2.11 bits per heavy atom. The molecule has 182 valence electrons. The molecule has 2 aromatic carbocycles.